The van der Waals surface area contributed by atoms with Crippen molar-refractivity contribution >= 4 is 34.9 Å². The predicted molar refractivity (Wildman–Crippen MR) is 128 cm³/mol. The van der Waals surface area contributed by atoms with E-state index in [0.717, 1.165) is 24.3 Å². The second-order valence-electron chi connectivity index (χ2n) is 7.68. The Morgan fingerprint density at radius 1 is 0.868 bits per heavy atom. The van der Waals surface area contributed by atoms with Gasteiger partial charge in [-0.3, -0.25) is 0 Å². The monoisotopic (exact) mass is 523 g/mol. The number of aromatic hydroxyl groups is 1. The minimum absolute atomic E-state index is 0.102. The second-order valence-corrected chi connectivity index (χ2v) is 7.68. The van der Waals surface area contributed by atoms with Crippen LogP contribution >= 0.6 is 0 Å². The molecule has 0 aliphatic carbocycles. The summed E-state index contributed by atoms with van der Waals surface area (Å²) in [7, 11) is 0. The molecule has 0 spiro atoms. The van der Waals surface area contributed by atoms with Gasteiger partial charge in [0.2, 0.25) is 5.95 Å². The fourth-order valence-electron chi connectivity index (χ4n) is 3.33. The lowest BCUT2D eigenvalue weighted by atomic mass is 10.1. The van der Waals surface area contributed by atoms with Gasteiger partial charge in [-0.1, -0.05) is 18.2 Å². The normalized spacial score (nSPS) is 11.4. The van der Waals surface area contributed by atoms with E-state index in [4.69, 9.17) is 0 Å². The summed E-state index contributed by atoms with van der Waals surface area (Å²) in [6.45, 7) is 0. The number of nitrogens with zero attached hydrogens (tertiary/aromatic N) is 4. The van der Waals surface area contributed by atoms with E-state index in [1.807, 2.05) is 0 Å². The smallest absolute Gasteiger partial charge is 0.416 e. The van der Waals surface area contributed by atoms with E-state index >= 15 is 0 Å². The molecule has 0 radical (unpaired) electrons. The molecule has 1 heterocycles. The molecule has 38 heavy (non-hydrogen) atoms. The van der Waals surface area contributed by atoms with Crippen LogP contribution < -0.4 is 5.32 Å². The van der Waals surface area contributed by atoms with Crippen LogP contribution in [0.3, 0.4) is 0 Å². The van der Waals surface area contributed by atoms with E-state index in [9.17, 15) is 38.1 Å². The summed E-state index contributed by atoms with van der Waals surface area (Å²) in [5, 5.41) is 39.3. The van der Waals surface area contributed by atoms with Gasteiger partial charge in [-0.2, -0.15) is 18.3 Å². The molecule has 0 amide bonds. The number of aromatic carboxylic acids is 2. The molecule has 1 aromatic heterocycles. The van der Waals surface area contributed by atoms with Crippen molar-refractivity contribution in [2.45, 2.75) is 6.18 Å². The topological polar surface area (TPSA) is 157 Å². The Balaban J connectivity index is 1.64. The first-order valence-electron chi connectivity index (χ1n) is 10.6. The third-order valence-corrected chi connectivity index (χ3v) is 5.13. The van der Waals surface area contributed by atoms with Crippen LogP contribution in [0.1, 0.15) is 26.3 Å². The van der Waals surface area contributed by atoms with Crippen LogP contribution in [0.5, 0.6) is 5.75 Å². The van der Waals surface area contributed by atoms with Crippen LogP contribution in [-0.4, -0.2) is 37.2 Å². The van der Waals surface area contributed by atoms with Crippen molar-refractivity contribution in [3.8, 4) is 17.0 Å². The van der Waals surface area contributed by atoms with E-state index in [0.29, 0.717) is 16.9 Å². The molecule has 0 bridgehead atoms. The maximum Gasteiger partial charge on any atom is 0.416 e. The van der Waals surface area contributed by atoms with E-state index in [1.54, 1.807) is 30.3 Å². The number of carboxylic acids is 2. The van der Waals surface area contributed by atoms with Gasteiger partial charge in [-0.05, 0) is 48.5 Å². The summed E-state index contributed by atoms with van der Waals surface area (Å²) >= 11 is 0. The molecular weight excluding hydrogens is 507 g/mol. The first kappa shape index (κ1) is 25.8. The average molecular weight is 523 g/mol. The average Bonchev–Trinajstić information content (AvgIpc) is 2.88. The Morgan fingerprint density at radius 2 is 1.50 bits per heavy atom. The van der Waals surface area contributed by atoms with E-state index < -0.39 is 40.6 Å². The van der Waals surface area contributed by atoms with Crippen LogP contribution in [-0.2, 0) is 6.18 Å². The highest BCUT2D eigenvalue weighted by Crippen LogP contribution is 2.34. The number of benzene rings is 3. The van der Waals surface area contributed by atoms with Crippen molar-refractivity contribution in [1.82, 2.24) is 9.97 Å². The van der Waals surface area contributed by atoms with Crippen LogP contribution in [0, 0.1) is 0 Å². The number of carboxylic acid groups (broad SMARTS) is 2. The molecule has 0 aliphatic heterocycles. The van der Waals surface area contributed by atoms with Crippen LogP contribution in [0.2, 0.25) is 0 Å². The summed E-state index contributed by atoms with van der Waals surface area (Å²) in [4.78, 5) is 31.2. The fourth-order valence-corrected chi connectivity index (χ4v) is 3.33. The molecule has 192 valence electrons. The molecule has 10 nitrogen and oxygen atoms in total. The number of halogens is 3. The Labute approximate surface area is 211 Å². The van der Waals surface area contributed by atoms with Crippen molar-refractivity contribution in [3.05, 3.63) is 89.6 Å². The van der Waals surface area contributed by atoms with Gasteiger partial charge >= 0.3 is 18.1 Å². The minimum atomic E-state index is -4.46. The number of carbonyl (C=O) groups is 2. The predicted octanol–water partition coefficient (Wildman–Crippen LogP) is 6.42. The number of azo groups is 1. The number of nitrogens with one attached hydrogen (secondary N) is 1. The lowest BCUT2D eigenvalue weighted by Gasteiger charge is -2.10. The van der Waals surface area contributed by atoms with Gasteiger partial charge in [0.1, 0.15) is 16.9 Å². The maximum atomic E-state index is 12.8. The zero-order chi connectivity index (χ0) is 27.4. The highest BCUT2D eigenvalue weighted by Gasteiger charge is 2.30. The molecule has 0 fully saturated rings. The molecule has 3 aromatic carbocycles. The molecule has 0 saturated heterocycles. The third-order valence-electron chi connectivity index (χ3n) is 5.13. The van der Waals surface area contributed by atoms with Crippen molar-refractivity contribution < 1.29 is 38.1 Å². The summed E-state index contributed by atoms with van der Waals surface area (Å²) in [6, 6.07) is 14.5. The van der Waals surface area contributed by atoms with Gasteiger partial charge < -0.3 is 20.6 Å². The summed E-state index contributed by atoms with van der Waals surface area (Å²) < 4.78 is 38.4. The Morgan fingerprint density at radius 3 is 2.11 bits per heavy atom. The van der Waals surface area contributed by atoms with Gasteiger partial charge in [0.25, 0.3) is 0 Å². The quantitative estimate of drug-likeness (QED) is 0.202. The molecule has 0 saturated carbocycles. The number of alkyl halides is 3. The van der Waals surface area contributed by atoms with Crippen molar-refractivity contribution in [2.24, 2.45) is 10.2 Å². The zero-order valence-electron chi connectivity index (χ0n) is 19.0. The highest BCUT2D eigenvalue weighted by atomic mass is 19.4. The maximum absolute atomic E-state index is 12.8. The molecule has 4 rings (SSSR count). The van der Waals surface area contributed by atoms with Crippen molar-refractivity contribution in [3.63, 3.8) is 0 Å². The van der Waals surface area contributed by atoms with Crippen LogP contribution in [0.15, 0.2) is 83.2 Å². The Hall–Kier alpha value is -5.33. The van der Waals surface area contributed by atoms with Gasteiger partial charge in [-0.25, -0.2) is 19.6 Å². The molecule has 4 aromatic rings. The lowest BCUT2D eigenvalue weighted by molar-refractivity contribution is -0.137. The lowest BCUT2D eigenvalue weighted by Crippen LogP contribution is -2.04. The molecular formula is C25H16F3N5O5. The van der Waals surface area contributed by atoms with Crippen molar-refractivity contribution in [1.29, 1.82) is 0 Å². The standard InChI is InChI=1S/C25H16F3N5O5/c26-25(27,28)13-5-7-14(8-6-13)30-24-29-10-9-19(31-24)16-3-1-2-4-20(16)33-32-15-11-17(22(35)36)21(34)18(12-15)23(37)38/h1-12,34H,(H,35,36)(H,37,38)(H,29,30,31)/b33-32+. The summed E-state index contributed by atoms with van der Waals surface area (Å²) in [6.07, 6.45) is -3.03. The second kappa shape index (κ2) is 10.3. The SMILES string of the molecule is O=C(O)c1cc(/N=N/c2ccccc2-c2ccnc(Nc3ccc(C(F)(F)F)cc3)n2)cc(C(=O)O)c1O. The van der Waals surface area contributed by atoms with Crippen molar-refractivity contribution in [2.75, 3.05) is 5.32 Å². The first-order chi connectivity index (χ1) is 18.0. The first-order valence-corrected chi connectivity index (χ1v) is 10.6. The summed E-state index contributed by atoms with van der Waals surface area (Å²) in [5.41, 5.74) is -0.746. The fraction of sp³-hybridized carbons (Fsp3) is 0.0400. The van der Waals surface area contributed by atoms with Gasteiger partial charge in [0, 0.05) is 17.4 Å². The number of phenols is 1. The largest absolute Gasteiger partial charge is 0.506 e. The van der Waals surface area contributed by atoms with E-state index in [2.05, 4.69) is 25.5 Å². The van der Waals surface area contributed by atoms with Gasteiger partial charge in [0.15, 0.2) is 0 Å². The number of anilines is 2. The molecule has 4 N–H and O–H groups in total. The summed E-state index contributed by atoms with van der Waals surface area (Å²) in [5.74, 6) is -3.89. The number of hydrogen-bond acceptors (Lipinski definition) is 8. The van der Waals surface area contributed by atoms with Gasteiger partial charge in [-0.15, -0.1) is 5.11 Å². The van der Waals surface area contributed by atoms with Crippen LogP contribution in [0.4, 0.5) is 36.2 Å². The molecule has 0 aliphatic rings. The molecule has 13 heteroatoms. The molecule has 0 unspecified atom stereocenters. The van der Waals surface area contributed by atoms with Gasteiger partial charge in [0.05, 0.1) is 22.6 Å². The Kier molecular flexibility index (Phi) is 7.01. The molecule has 0 atom stereocenters. The minimum Gasteiger partial charge on any atom is -0.506 e. The van der Waals surface area contributed by atoms with Crippen LogP contribution in [0.25, 0.3) is 11.3 Å². The highest BCUT2D eigenvalue weighted by molar-refractivity contribution is 6.00. The Bertz CT molecular complexity index is 1520. The number of aromatic nitrogens is 2. The number of hydrogen-bond donors (Lipinski definition) is 4. The van der Waals surface area contributed by atoms with E-state index in [1.165, 1.54) is 18.3 Å². The third kappa shape index (κ3) is 5.73. The van der Waals surface area contributed by atoms with E-state index in [-0.39, 0.29) is 17.3 Å². The zero-order valence-corrected chi connectivity index (χ0v) is 19.0. The number of rotatable bonds is 7.